The molecule has 0 amide bonds. The summed E-state index contributed by atoms with van der Waals surface area (Å²) in [5.41, 5.74) is 1.90. The lowest BCUT2D eigenvalue weighted by molar-refractivity contribution is -0.199. The summed E-state index contributed by atoms with van der Waals surface area (Å²) in [4.78, 5) is 24.1. The Morgan fingerprint density at radius 1 is 1.13 bits per heavy atom. The fourth-order valence-electron chi connectivity index (χ4n) is 4.26. The third-order valence-corrected chi connectivity index (χ3v) is 5.91. The van der Waals surface area contributed by atoms with Gasteiger partial charge in [-0.1, -0.05) is 35.9 Å². The zero-order chi connectivity index (χ0) is 22.1. The molecule has 0 bridgehead atoms. The van der Waals surface area contributed by atoms with Gasteiger partial charge in [-0.15, -0.1) is 0 Å². The summed E-state index contributed by atoms with van der Waals surface area (Å²) in [6.07, 6.45) is 4.60. The smallest absolute Gasteiger partial charge is 0.330 e. The molecule has 2 fully saturated rings. The van der Waals surface area contributed by atoms with Crippen molar-refractivity contribution >= 4 is 11.9 Å². The summed E-state index contributed by atoms with van der Waals surface area (Å²) in [6.45, 7) is 1.54. The molecule has 3 rings (SSSR count). The maximum absolute atomic E-state index is 12.1. The molecule has 1 aromatic carbocycles. The van der Waals surface area contributed by atoms with Crippen LogP contribution in [0.2, 0.25) is 0 Å². The van der Waals surface area contributed by atoms with Gasteiger partial charge in [-0.05, 0) is 37.2 Å². The van der Waals surface area contributed by atoms with Crippen LogP contribution in [0.3, 0.4) is 0 Å². The molecule has 1 saturated heterocycles. The minimum absolute atomic E-state index is 0.107. The summed E-state index contributed by atoms with van der Waals surface area (Å²) < 4.78 is 27.8. The number of carbonyl (C=O) groups is 2. The summed E-state index contributed by atoms with van der Waals surface area (Å²) in [6, 6.07) is 9.92. The summed E-state index contributed by atoms with van der Waals surface area (Å²) in [7, 11) is 2.71. The second kappa shape index (κ2) is 12.0. The maximum atomic E-state index is 12.1. The van der Waals surface area contributed by atoms with Crippen LogP contribution in [0.4, 0.5) is 0 Å². The number of esters is 2. The second-order valence-corrected chi connectivity index (χ2v) is 7.97. The van der Waals surface area contributed by atoms with Crippen LogP contribution in [-0.2, 0) is 39.9 Å². The van der Waals surface area contributed by atoms with Gasteiger partial charge >= 0.3 is 11.9 Å². The first-order chi connectivity index (χ1) is 15.1. The van der Waals surface area contributed by atoms with Crippen LogP contribution in [0.15, 0.2) is 42.0 Å². The molecule has 4 unspecified atom stereocenters. The van der Waals surface area contributed by atoms with Crippen molar-refractivity contribution in [3.63, 3.8) is 0 Å². The lowest BCUT2D eigenvalue weighted by Crippen LogP contribution is -2.34. The van der Waals surface area contributed by atoms with Crippen LogP contribution < -0.4 is 0 Å². The van der Waals surface area contributed by atoms with Crippen LogP contribution in [-0.4, -0.2) is 51.8 Å². The van der Waals surface area contributed by atoms with Crippen molar-refractivity contribution in [2.45, 2.75) is 51.1 Å². The number of benzene rings is 1. The number of methoxy groups -OCH3 is 2. The van der Waals surface area contributed by atoms with Gasteiger partial charge < -0.3 is 23.7 Å². The van der Waals surface area contributed by atoms with Crippen LogP contribution >= 0.6 is 0 Å². The van der Waals surface area contributed by atoms with Gasteiger partial charge in [0.1, 0.15) is 0 Å². The van der Waals surface area contributed by atoms with Crippen molar-refractivity contribution in [2.24, 2.45) is 11.8 Å². The molecule has 0 spiro atoms. The highest BCUT2D eigenvalue weighted by Gasteiger charge is 2.43. The predicted molar refractivity (Wildman–Crippen MR) is 113 cm³/mol. The van der Waals surface area contributed by atoms with Crippen molar-refractivity contribution in [2.75, 3.05) is 27.4 Å². The van der Waals surface area contributed by atoms with E-state index < -0.39 is 5.97 Å². The van der Waals surface area contributed by atoms with Gasteiger partial charge in [0.05, 0.1) is 40.0 Å². The zero-order valence-corrected chi connectivity index (χ0v) is 18.3. The molecule has 7 heteroatoms. The Labute approximate surface area is 183 Å². The van der Waals surface area contributed by atoms with E-state index in [1.807, 2.05) is 30.3 Å². The lowest BCUT2D eigenvalue weighted by atomic mass is 9.89. The standard InChI is InChI=1S/C24H32O7/c1-27-22(25)13-18-12-21(31-24-10-6-7-11-30-24)20(19(18)14-23(26)28-2)16-29-15-17-8-4-3-5-9-17/h3-5,8-9,13,19-21,24H,6-7,10-12,14-16H2,1-2H3. The van der Waals surface area contributed by atoms with Gasteiger partial charge in [-0.25, -0.2) is 4.79 Å². The highest BCUT2D eigenvalue weighted by molar-refractivity contribution is 5.83. The molecule has 170 valence electrons. The van der Waals surface area contributed by atoms with Gasteiger partial charge in [0.25, 0.3) is 0 Å². The Hall–Kier alpha value is -2.22. The lowest BCUT2D eigenvalue weighted by Gasteiger charge is -2.30. The third kappa shape index (κ3) is 6.89. The van der Waals surface area contributed by atoms with E-state index >= 15 is 0 Å². The van der Waals surface area contributed by atoms with Crippen molar-refractivity contribution in [3.8, 4) is 0 Å². The van der Waals surface area contributed by atoms with Crippen LogP contribution in [0.25, 0.3) is 0 Å². The van der Waals surface area contributed by atoms with Crippen LogP contribution in [0.1, 0.15) is 37.7 Å². The van der Waals surface area contributed by atoms with E-state index in [1.54, 1.807) is 0 Å². The van der Waals surface area contributed by atoms with Gasteiger partial charge in [-0.3, -0.25) is 4.79 Å². The highest BCUT2D eigenvalue weighted by Crippen LogP contribution is 2.42. The van der Waals surface area contributed by atoms with Gasteiger partial charge in [-0.2, -0.15) is 0 Å². The largest absolute Gasteiger partial charge is 0.469 e. The normalized spacial score (nSPS) is 27.2. The Bertz CT molecular complexity index is 740. The topological polar surface area (TPSA) is 80.3 Å². The van der Waals surface area contributed by atoms with Crippen molar-refractivity contribution in [1.29, 1.82) is 0 Å². The summed E-state index contributed by atoms with van der Waals surface area (Å²) in [5.74, 6) is -1.10. The monoisotopic (exact) mass is 432 g/mol. The fraction of sp³-hybridized carbons (Fsp3) is 0.583. The van der Waals surface area contributed by atoms with Crippen molar-refractivity contribution < 1.29 is 33.3 Å². The molecule has 1 aromatic rings. The zero-order valence-electron chi connectivity index (χ0n) is 18.3. The highest BCUT2D eigenvalue weighted by atomic mass is 16.7. The third-order valence-electron chi connectivity index (χ3n) is 5.91. The molecule has 1 heterocycles. The van der Waals surface area contributed by atoms with E-state index in [2.05, 4.69) is 0 Å². The Kier molecular flexibility index (Phi) is 9.06. The Morgan fingerprint density at radius 2 is 1.94 bits per heavy atom. The van der Waals surface area contributed by atoms with E-state index in [0.29, 0.717) is 26.2 Å². The molecule has 31 heavy (non-hydrogen) atoms. The second-order valence-electron chi connectivity index (χ2n) is 7.97. The summed E-state index contributed by atoms with van der Waals surface area (Å²) >= 11 is 0. The predicted octanol–water partition coefficient (Wildman–Crippen LogP) is 3.41. The van der Waals surface area contributed by atoms with Crippen molar-refractivity contribution in [3.05, 3.63) is 47.5 Å². The minimum atomic E-state index is -0.441. The van der Waals surface area contributed by atoms with Crippen LogP contribution in [0.5, 0.6) is 0 Å². The average Bonchev–Trinajstić information content (AvgIpc) is 3.10. The molecular formula is C24H32O7. The van der Waals surface area contributed by atoms with Crippen molar-refractivity contribution in [1.82, 2.24) is 0 Å². The summed E-state index contributed by atoms with van der Waals surface area (Å²) in [5, 5.41) is 0. The first-order valence-corrected chi connectivity index (χ1v) is 10.8. The van der Waals surface area contributed by atoms with Gasteiger partial charge in [0.15, 0.2) is 6.29 Å². The number of hydrogen-bond donors (Lipinski definition) is 0. The molecule has 1 saturated carbocycles. The van der Waals surface area contributed by atoms with Gasteiger partial charge in [0, 0.05) is 18.6 Å². The number of carbonyl (C=O) groups excluding carboxylic acids is 2. The maximum Gasteiger partial charge on any atom is 0.330 e. The molecule has 0 N–H and O–H groups in total. The number of hydrogen-bond acceptors (Lipinski definition) is 7. The van der Waals surface area contributed by atoms with E-state index in [4.69, 9.17) is 23.7 Å². The SMILES string of the molecule is COC(=O)C=C1CC(OC2CCCCO2)C(COCc2ccccc2)C1CC(=O)OC. The molecule has 4 atom stereocenters. The Balaban J connectivity index is 1.76. The van der Waals surface area contributed by atoms with E-state index in [-0.39, 0.29) is 36.6 Å². The van der Waals surface area contributed by atoms with Gasteiger partial charge in [0.2, 0.25) is 0 Å². The van der Waals surface area contributed by atoms with E-state index in [9.17, 15) is 9.59 Å². The van der Waals surface area contributed by atoms with E-state index in [0.717, 1.165) is 30.4 Å². The molecule has 1 aliphatic heterocycles. The fourth-order valence-corrected chi connectivity index (χ4v) is 4.26. The molecule has 7 nitrogen and oxygen atoms in total. The average molecular weight is 433 g/mol. The first kappa shape index (κ1) is 23.4. The molecule has 0 aromatic heterocycles. The number of rotatable bonds is 9. The molecule has 0 radical (unpaired) electrons. The molecule has 1 aliphatic carbocycles. The molecular weight excluding hydrogens is 400 g/mol. The number of ether oxygens (including phenoxy) is 5. The first-order valence-electron chi connectivity index (χ1n) is 10.8. The Morgan fingerprint density at radius 3 is 2.61 bits per heavy atom. The minimum Gasteiger partial charge on any atom is -0.469 e. The molecule has 2 aliphatic rings. The quantitative estimate of drug-likeness (QED) is 0.437. The van der Waals surface area contributed by atoms with Crippen LogP contribution in [0, 0.1) is 11.8 Å². The van der Waals surface area contributed by atoms with E-state index in [1.165, 1.54) is 20.3 Å².